The average molecular weight is 221 g/mol. The molecule has 2 nitrogen and oxygen atoms in total. The first kappa shape index (κ1) is 9.85. The topological polar surface area (TPSA) is 26.0 Å². The zero-order valence-electron chi connectivity index (χ0n) is 9.21. The number of benzene rings is 1. The molecule has 0 aliphatic carbocycles. The molecule has 2 aromatic heterocycles. The standard InChI is InChI=1S/C15H11NO/c1-2-6-15-13(4-1)10-12(11-16-15)7-8-14-5-3-9-17-14/h1-11H/b8-7-. The van der Waals surface area contributed by atoms with E-state index < -0.39 is 0 Å². The van der Waals surface area contributed by atoms with E-state index in [9.17, 15) is 0 Å². The highest BCUT2D eigenvalue weighted by Crippen LogP contribution is 2.14. The molecule has 0 fully saturated rings. The van der Waals surface area contributed by atoms with E-state index in [1.54, 1.807) is 6.26 Å². The Hall–Kier alpha value is -2.35. The Kier molecular flexibility index (Phi) is 2.47. The third-order valence-corrected chi connectivity index (χ3v) is 2.59. The summed E-state index contributed by atoms with van der Waals surface area (Å²) in [5.74, 6) is 0.846. The zero-order chi connectivity index (χ0) is 11.5. The molecule has 0 bridgehead atoms. The number of hydrogen-bond donors (Lipinski definition) is 0. The van der Waals surface area contributed by atoms with Gasteiger partial charge in [0.1, 0.15) is 5.76 Å². The van der Waals surface area contributed by atoms with Gasteiger partial charge in [-0.15, -0.1) is 0 Å². The minimum Gasteiger partial charge on any atom is -0.465 e. The fraction of sp³-hybridized carbons (Fsp3) is 0. The summed E-state index contributed by atoms with van der Waals surface area (Å²) >= 11 is 0. The molecule has 0 spiro atoms. The van der Waals surface area contributed by atoms with Crippen LogP contribution >= 0.6 is 0 Å². The molecule has 2 heterocycles. The summed E-state index contributed by atoms with van der Waals surface area (Å²) < 4.78 is 5.24. The quantitative estimate of drug-likeness (QED) is 0.653. The van der Waals surface area contributed by atoms with Crippen LogP contribution in [0.25, 0.3) is 23.1 Å². The monoisotopic (exact) mass is 221 g/mol. The summed E-state index contributed by atoms with van der Waals surface area (Å²) in [6.45, 7) is 0. The number of rotatable bonds is 2. The molecule has 17 heavy (non-hydrogen) atoms. The molecule has 82 valence electrons. The summed E-state index contributed by atoms with van der Waals surface area (Å²) in [5, 5.41) is 1.15. The molecule has 0 N–H and O–H groups in total. The van der Waals surface area contributed by atoms with Crippen molar-refractivity contribution in [2.75, 3.05) is 0 Å². The van der Waals surface area contributed by atoms with Crippen molar-refractivity contribution < 1.29 is 4.42 Å². The molecule has 3 aromatic rings. The van der Waals surface area contributed by atoms with E-state index in [2.05, 4.69) is 17.1 Å². The third-order valence-electron chi connectivity index (χ3n) is 2.59. The van der Waals surface area contributed by atoms with E-state index in [1.807, 2.05) is 48.7 Å². The summed E-state index contributed by atoms with van der Waals surface area (Å²) in [6.07, 6.45) is 7.46. The predicted molar refractivity (Wildman–Crippen MR) is 69.4 cm³/mol. The number of nitrogens with zero attached hydrogens (tertiary/aromatic N) is 1. The molecule has 0 aliphatic rings. The second-order valence-corrected chi connectivity index (χ2v) is 3.81. The van der Waals surface area contributed by atoms with Gasteiger partial charge in [0.25, 0.3) is 0 Å². The van der Waals surface area contributed by atoms with Crippen molar-refractivity contribution in [3.8, 4) is 0 Å². The predicted octanol–water partition coefficient (Wildman–Crippen LogP) is 4.00. The normalized spacial score (nSPS) is 11.3. The van der Waals surface area contributed by atoms with Crippen molar-refractivity contribution in [3.05, 3.63) is 66.2 Å². The van der Waals surface area contributed by atoms with E-state index >= 15 is 0 Å². The molecule has 0 amide bonds. The lowest BCUT2D eigenvalue weighted by Gasteiger charge is -1.97. The summed E-state index contributed by atoms with van der Waals surface area (Å²) in [6, 6.07) is 14.0. The first-order chi connectivity index (χ1) is 8.42. The van der Waals surface area contributed by atoms with Crippen LogP contribution in [-0.2, 0) is 0 Å². The molecule has 0 aliphatic heterocycles. The molecule has 2 heteroatoms. The lowest BCUT2D eigenvalue weighted by atomic mass is 10.1. The first-order valence-corrected chi connectivity index (χ1v) is 5.48. The van der Waals surface area contributed by atoms with Gasteiger partial charge in [0.15, 0.2) is 0 Å². The maximum absolute atomic E-state index is 5.24. The Balaban J connectivity index is 1.96. The SMILES string of the molecule is C(=C/c1ccco1)/c1cnc2ccccc2c1. The molecule has 3 rings (SSSR count). The summed E-state index contributed by atoms with van der Waals surface area (Å²) in [7, 11) is 0. The van der Waals surface area contributed by atoms with Gasteiger partial charge in [0, 0.05) is 11.6 Å². The molecule has 1 aromatic carbocycles. The number of para-hydroxylation sites is 1. The van der Waals surface area contributed by atoms with E-state index in [1.165, 1.54) is 0 Å². The van der Waals surface area contributed by atoms with Gasteiger partial charge in [-0.25, -0.2) is 0 Å². The van der Waals surface area contributed by atoms with Crippen LogP contribution in [-0.4, -0.2) is 4.98 Å². The van der Waals surface area contributed by atoms with Gasteiger partial charge in [-0.2, -0.15) is 0 Å². The Labute approximate surface area is 99.2 Å². The Morgan fingerprint density at radius 3 is 2.82 bits per heavy atom. The smallest absolute Gasteiger partial charge is 0.126 e. The van der Waals surface area contributed by atoms with Crippen LogP contribution < -0.4 is 0 Å². The Bertz CT molecular complexity index is 654. The lowest BCUT2D eigenvalue weighted by molar-refractivity contribution is 0.557. The van der Waals surface area contributed by atoms with Gasteiger partial charge in [-0.1, -0.05) is 18.2 Å². The van der Waals surface area contributed by atoms with E-state index in [-0.39, 0.29) is 0 Å². The van der Waals surface area contributed by atoms with Crippen LogP contribution in [0, 0.1) is 0 Å². The average Bonchev–Trinajstić information content (AvgIpc) is 2.89. The molecular weight excluding hydrogens is 210 g/mol. The summed E-state index contributed by atoms with van der Waals surface area (Å²) in [5.41, 5.74) is 2.09. The van der Waals surface area contributed by atoms with Crippen LogP contribution in [0.5, 0.6) is 0 Å². The minimum absolute atomic E-state index is 0.846. The molecule has 0 saturated heterocycles. The van der Waals surface area contributed by atoms with Crippen molar-refractivity contribution in [1.82, 2.24) is 4.98 Å². The second-order valence-electron chi connectivity index (χ2n) is 3.81. The highest BCUT2D eigenvalue weighted by molar-refractivity contribution is 5.81. The fourth-order valence-electron chi connectivity index (χ4n) is 1.74. The van der Waals surface area contributed by atoms with Crippen molar-refractivity contribution >= 4 is 23.1 Å². The van der Waals surface area contributed by atoms with Crippen molar-refractivity contribution in [2.45, 2.75) is 0 Å². The van der Waals surface area contributed by atoms with Crippen molar-refractivity contribution in [1.29, 1.82) is 0 Å². The summed E-state index contributed by atoms with van der Waals surface area (Å²) in [4.78, 5) is 4.40. The minimum atomic E-state index is 0.846. The number of pyridine rings is 1. The maximum Gasteiger partial charge on any atom is 0.126 e. The third kappa shape index (κ3) is 2.11. The Morgan fingerprint density at radius 1 is 1.00 bits per heavy atom. The molecule has 0 unspecified atom stereocenters. The number of aromatic nitrogens is 1. The number of hydrogen-bond acceptors (Lipinski definition) is 2. The van der Waals surface area contributed by atoms with Gasteiger partial charge < -0.3 is 4.42 Å². The van der Waals surface area contributed by atoms with Crippen LogP contribution in [0.15, 0.2) is 59.3 Å². The molecular formula is C15H11NO. The second kappa shape index (κ2) is 4.26. The van der Waals surface area contributed by atoms with Crippen LogP contribution in [0.3, 0.4) is 0 Å². The van der Waals surface area contributed by atoms with Gasteiger partial charge in [-0.05, 0) is 42.0 Å². The molecule has 0 radical (unpaired) electrons. The highest BCUT2D eigenvalue weighted by atomic mass is 16.3. The van der Waals surface area contributed by atoms with Gasteiger partial charge >= 0.3 is 0 Å². The van der Waals surface area contributed by atoms with E-state index in [0.717, 1.165) is 22.2 Å². The van der Waals surface area contributed by atoms with Crippen molar-refractivity contribution in [3.63, 3.8) is 0 Å². The number of fused-ring (bicyclic) bond motifs is 1. The van der Waals surface area contributed by atoms with Crippen LogP contribution in [0.2, 0.25) is 0 Å². The van der Waals surface area contributed by atoms with E-state index in [4.69, 9.17) is 4.42 Å². The largest absolute Gasteiger partial charge is 0.465 e. The lowest BCUT2D eigenvalue weighted by Crippen LogP contribution is -1.80. The Morgan fingerprint density at radius 2 is 1.94 bits per heavy atom. The maximum atomic E-state index is 5.24. The van der Waals surface area contributed by atoms with Gasteiger partial charge in [0.2, 0.25) is 0 Å². The fourth-order valence-corrected chi connectivity index (χ4v) is 1.74. The molecule has 0 saturated carbocycles. The zero-order valence-corrected chi connectivity index (χ0v) is 9.21. The van der Waals surface area contributed by atoms with Crippen molar-refractivity contribution in [2.24, 2.45) is 0 Å². The van der Waals surface area contributed by atoms with Crippen LogP contribution in [0.4, 0.5) is 0 Å². The van der Waals surface area contributed by atoms with Gasteiger partial charge in [0.05, 0.1) is 11.8 Å². The van der Waals surface area contributed by atoms with Gasteiger partial charge in [-0.3, -0.25) is 4.98 Å². The van der Waals surface area contributed by atoms with Crippen LogP contribution in [0.1, 0.15) is 11.3 Å². The first-order valence-electron chi connectivity index (χ1n) is 5.48. The highest BCUT2D eigenvalue weighted by Gasteiger charge is 1.94. The van der Waals surface area contributed by atoms with E-state index in [0.29, 0.717) is 0 Å². The molecule has 0 atom stereocenters. The number of furan rings is 1.